The molecule has 0 aliphatic rings. The van der Waals surface area contributed by atoms with Crippen LogP contribution in [0.25, 0.3) is 0 Å². The standard InChI is InChI=1S/C20H20F3N3O4/c1-12-6-7-14(8-13(12)2)19(29)24-10-17(27)25-26-18(28)11-30-16-5-3-4-15(9-16)20(21,22)23/h3-9H,10-11H2,1-2H3,(H,24,29)(H,25,27)(H,26,28). The summed E-state index contributed by atoms with van der Waals surface area (Å²) in [7, 11) is 0. The Kier molecular flexibility index (Phi) is 7.40. The van der Waals surface area contributed by atoms with Crippen molar-refractivity contribution in [3.8, 4) is 5.75 Å². The maximum atomic E-state index is 12.6. The molecule has 7 nitrogen and oxygen atoms in total. The summed E-state index contributed by atoms with van der Waals surface area (Å²) in [5, 5.41) is 2.41. The van der Waals surface area contributed by atoms with Gasteiger partial charge >= 0.3 is 6.18 Å². The molecule has 3 N–H and O–H groups in total. The number of rotatable bonds is 6. The molecule has 0 spiro atoms. The summed E-state index contributed by atoms with van der Waals surface area (Å²) in [4.78, 5) is 35.4. The molecule has 0 saturated heterocycles. The quantitative estimate of drug-likeness (QED) is 0.621. The zero-order valence-electron chi connectivity index (χ0n) is 16.2. The average molecular weight is 423 g/mol. The number of carbonyl (C=O) groups is 3. The normalized spacial score (nSPS) is 10.8. The number of hydrogen-bond acceptors (Lipinski definition) is 4. The topological polar surface area (TPSA) is 96.5 Å². The average Bonchev–Trinajstić information content (AvgIpc) is 2.70. The molecular formula is C20H20F3N3O4. The third-order valence-electron chi connectivity index (χ3n) is 4.05. The smallest absolute Gasteiger partial charge is 0.416 e. The van der Waals surface area contributed by atoms with E-state index in [0.29, 0.717) is 5.56 Å². The highest BCUT2D eigenvalue weighted by molar-refractivity contribution is 5.96. The van der Waals surface area contributed by atoms with Gasteiger partial charge in [-0.05, 0) is 55.3 Å². The molecule has 3 amide bonds. The van der Waals surface area contributed by atoms with Crippen LogP contribution < -0.4 is 20.9 Å². The van der Waals surface area contributed by atoms with E-state index in [1.54, 1.807) is 18.2 Å². The molecular weight excluding hydrogens is 403 g/mol. The first kappa shape index (κ1) is 22.7. The number of benzene rings is 2. The Bertz CT molecular complexity index is 945. The van der Waals surface area contributed by atoms with Gasteiger partial charge in [0.2, 0.25) is 0 Å². The van der Waals surface area contributed by atoms with Crippen molar-refractivity contribution >= 4 is 17.7 Å². The molecule has 0 aromatic heterocycles. The molecule has 2 aromatic rings. The van der Waals surface area contributed by atoms with Gasteiger partial charge in [-0.2, -0.15) is 13.2 Å². The number of hydrazine groups is 1. The van der Waals surface area contributed by atoms with Crippen LogP contribution >= 0.6 is 0 Å². The molecule has 0 bridgehead atoms. The number of ether oxygens (including phenoxy) is 1. The second-order valence-corrected chi connectivity index (χ2v) is 6.39. The van der Waals surface area contributed by atoms with Crippen molar-refractivity contribution < 1.29 is 32.3 Å². The van der Waals surface area contributed by atoms with E-state index >= 15 is 0 Å². The van der Waals surface area contributed by atoms with Crippen LogP contribution in [-0.2, 0) is 15.8 Å². The zero-order chi connectivity index (χ0) is 22.3. The molecule has 0 heterocycles. The Morgan fingerprint density at radius 3 is 2.30 bits per heavy atom. The van der Waals surface area contributed by atoms with Gasteiger partial charge in [0.25, 0.3) is 17.7 Å². The Morgan fingerprint density at radius 1 is 0.933 bits per heavy atom. The molecule has 0 radical (unpaired) electrons. The molecule has 0 saturated carbocycles. The Balaban J connectivity index is 1.73. The lowest BCUT2D eigenvalue weighted by molar-refractivity contribution is -0.137. The summed E-state index contributed by atoms with van der Waals surface area (Å²) in [5.74, 6) is -2.08. The van der Waals surface area contributed by atoms with Crippen LogP contribution in [-0.4, -0.2) is 30.9 Å². The molecule has 0 aliphatic heterocycles. The Hall–Kier alpha value is -3.56. The molecule has 160 valence electrons. The maximum absolute atomic E-state index is 12.6. The number of hydrogen-bond donors (Lipinski definition) is 3. The number of alkyl halides is 3. The summed E-state index contributed by atoms with van der Waals surface area (Å²) in [6.07, 6.45) is -4.53. The number of nitrogens with one attached hydrogen (secondary N) is 3. The molecule has 30 heavy (non-hydrogen) atoms. The van der Waals surface area contributed by atoms with Gasteiger partial charge in [0.1, 0.15) is 5.75 Å². The Morgan fingerprint density at radius 2 is 1.63 bits per heavy atom. The van der Waals surface area contributed by atoms with Gasteiger partial charge in [-0.3, -0.25) is 25.2 Å². The fraction of sp³-hybridized carbons (Fsp3) is 0.250. The van der Waals surface area contributed by atoms with E-state index in [-0.39, 0.29) is 12.3 Å². The highest BCUT2D eigenvalue weighted by Gasteiger charge is 2.30. The highest BCUT2D eigenvalue weighted by Crippen LogP contribution is 2.31. The summed E-state index contributed by atoms with van der Waals surface area (Å²) >= 11 is 0. The molecule has 2 aromatic carbocycles. The fourth-order valence-corrected chi connectivity index (χ4v) is 2.28. The van der Waals surface area contributed by atoms with Crippen molar-refractivity contribution in [3.63, 3.8) is 0 Å². The summed E-state index contributed by atoms with van der Waals surface area (Å²) in [6, 6.07) is 9.15. The van der Waals surface area contributed by atoms with Crippen LogP contribution in [0.1, 0.15) is 27.0 Å². The highest BCUT2D eigenvalue weighted by atomic mass is 19.4. The Labute approximate surface area is 170 Å². The first-order valence-electron chi connectivity index (χ1n) is 8.79. The minimum atomic E-state index is -4.53. The van der Waals surface area contributed by atoms with Crippen LogP contribution in [0.3, 0.4) is 0 Å². The molecule has 0 fully saturated rings. The fourth-order valence-electron chi connectivity index (χ4n) is 2.28. The first-order chi connectivity index (χ1) is 14.1. The summed E-state index contributed by atoms with van der Waals surface area (Å²) in [6.45, 7) is 2.76. The summed E-state index contributed by atoms with van der Waals surface area (Å²) in [5.41, 5.74) is 5.55. The van der Waals surface area contributed by atoms with Gasteiger partial charge in [-0.25, -0.2) is 0 Å². The molecule has 0 unspecified atom stereocenters. The van der Waals surface area contributed by atoms with Crippen LogP contribution in [0.4, 0.5) is 13.2 Å². The van der Waals surface area contributed by atoms with E-state index < -0.39 is 36.1 Å². The van der Waals surface area contributed by atoms with Gasteiger partial charge < -0.3 is 10.1 Å². The van der Waals surface area contributed by atoms with Crippen LogP contribution in [0, 0.1) is 13.8 Å². The predicted octanol–water partition coefficient (Wildman–Crippen LogP) is 2.28. The van der Waals surface area contributed by atoms with Crippen LogP contribution in [0.15, 0.2) is 42.5 Å². The monoisotopic (exact) mass is 423 g/mol. The van der Waals surface area contributed by atoms with E-state index in [4.69, 9.17) is 4.74 Å². The number of carbonyl (C=O) groups excluding carboxylic acids is 3. The zero-order valence-corrected chi connectivity index (χ0v) is 16.2. The van der Waals surface area contributed by atoms with Gasteiger partial charge in [-0.1, -0.05) is 12.1 Å². The second kappa shape index (κ2) is 9.77. The molecule has 0 aliphatic carbocycles. The van der Waals surface area contributed by atoms with Crippen molar-refractivity contribution in [2.45, 2.75) is 20.0 Å². The maximum Gasteiger partial charge on any atom is 0.416 e. The lowest BCUT2D eigenvalue weighted by Gasteiger charge is -2.11. The van der Waals surface area contributed by atoms with Crippen molar-refractivity contribution in [3.05, 3.63) is 64.7 Å². The largest absolute Gasteiger partial charge is 0.484 e. The number of aryl methyl sites for hydroxylation is 2. The number of amides is 3. The van der Waals surface area contributed by atoms with Gasteiger partial charge in [0.05, 0.1) is 12.1 Å². The van der Waals surface area contributed by atoms with E-state index in [2.05, 4.69) is 10.7 Å². The van der Waals surface area contributed by atoms with E-state index in [1.807, 2.05) is 19.3 Å². The van der Waals surface area contributed by atoms with Crippen LogP contribution in [0.2, 0.25) is 0 Å². The lowest BCUT2D eigenvalue weighted by Crippen LogP contribution is -2.47. The third kappa shape index (κ3) is 6.80. The van der Waals surface area contributed by atoms with E-state index in [9.17, 15) is 27.6 Å². The van der Waals surface area contributed by atoms with Crippen LogP contribution in [0.5, 0.6) is 5.75 Å². The third-order valence-corrected chi connectivity index (χ3v) is 4.05. The second-order valence-electron chi connectivity index (χ2n) is 6.39. The van der Waals surface area contributed by atoms with Crippen molar-refractivity contribution in [2.24, 2.45) is 0 Å². The number of halogens is 3. The minimum absolute atomic E-state index is 0.146. The van der Waals surface area contributed by atoms with Gasteiger partial charge in [0, 0.05) is 5.56 Å². The molecule has 0 atom stereocenters. The predicted molar refractivity (Wildman–Crippen MR) is 101 cm³/mol. The van der Waals surface area contributed by atoms with E-state index in [0.717, 1.165) is 29.3 Å². The first-order valence-corrected chi connectivity index (χ1v) is 8.79. The molecule has 2 rings (SSSR count). The summed E-state index contributed by atoms with van der Waals surface area (Å²) < 4.78 is 42.9. The van der Waals surface area contributed by atoms with E-state index in [1.165, 1.54) is 6.07 Å². The van der Waals surface area contributed by atoms with Crippen molar-refractivity contribution in [1.82, 2.24) is 16.2 Å². The minimum Gasteiger partial charge on any atom is -0.484 e. The van der Waals surface area contributed by atoms with Gasteiger partial charge in [-0.15, -0.1) is 0 Å². The van der Waals surface area contributed by atoms with Crippen molar-refractivity contribution in [1.29, 1.82) is 0 Å². The van der Waals surface area contributed by atoms with Crippen molar-refractivity contribution in [2.75, 3.05) is 13.2 Å². The van der Waals surface area contributed by atoms with Gasteiger partial charge in [0.15, 0.2) is 6.61 Å². The molecule has 10 heteroatoms. The lowest BCUT2D eigenvalue weighted by atomic mass is 10.1. The SMILES string of the molecule is Cc1ccc(C(=O)NCC(=O)NNC(=O)COc2cccc(C(F)(F)F)c2)cc1C.